The molecule has 2 rings (SSSR count). The molecular weight excluding hydrogens is 221 g/mol. The van der Waals surface area contributed by atoms with Gasteiger partial charge < -0.3 is 10.4 Å². The van der Waals surface area contributed by atoms with Gasteiger partial charge in [-0.3, -0.25) is 0 Å². The predicted octanol–water partition coefficient (Wildman–Crippen LogP) is 2.51. The number of hydrogen-bond acceptors (Lipinski definition) is 2. The molecule has 1 unspecified atom stereocenters. The summed E-state index contributed by atoms with van der Waals surface area (Å²) in [6, 6.07) is 3.30. The molecule has 0 spiro atoms. The van der Waals surface area contributed by atoms with E-state index in [0.717, 1.165) is 24.0 Å². The summed E-state index contributed by atoms with van der Waals surface area (Å²) in [4.78, 5) is 10.8. The lowest BCUT2D eigenvalue weighted by atomic mass is 10.0. The Morgan fingerprint density at radius 2 is 2.24 bits per heavy atom. The van der Waals surface area contributed by atoms with Crippen molar-refractivity contribution in [1.29, 1.82) is 0 Å². The molecule has 1 aromatic rings. The van der Waals surface area contributed by atoms with Gasteiger partial charge in [-0.25, -0.2) is 9.18 Å². The van der Waals surface area contributed by atoms with E-state index in [9.17, 15) is 9.18 Å². The third-order valence-corrected chi connectivity index (χ3v) is 3.07. The second-order valence-electron chi connectivity index (χ2n) is 4.75. The number of carboxylic acid groups (broad SMARTS) is 1. The van der Waals surface area contributed by atoms with Crippen LogP contribution >= 0.6 is 0 Å². The van der Waals surface area contributed by atoms with Crippen LogP contribution in [-0.4, -0.2) is 17.1 Å². The maximum atomic E-state index is 13.6. The summed E-state index contributed by atoms with van der Waals surface area (Å²) in [6.07, 6.45) is 1.70. The molecule has 0 aliphatic heterocycles. The Morgan fingerprint density at radius 1 is 1.53 bits per heavy atom. The standard InChI is InChI=1S/C13H16FNO2/c1-7(2)15-12-4-3-8-5-10(13(16)17)11(14)6-9(8)12/h5-7,12,15H,3-4H2,1-2H3,(H,16,17). The predicted molar refractivity (Wildman–Crippen MR) is 62.7 cm³/mol. The zero-order valence-corrected chi connectivity index (χ0v) is 9.96. The van der Waals surface area contributed by atoms with E-state index in [1.54, 1.807) is 0 Å². The van der Waals surface area contributed by atoms with Crippen molar-refractivity contribution in [1.82, 2.24) is 5.32 Å². The molecule has 1 aliphatic carbocycles. The van der Waals surface area contributed by atoms with E-state index >= 15 is 0 Å². The second kappa shape index (κ2) is 4.45. The van der Waals surface area contributed by atoms with Crippen LogP contribution in [0.25, 0.3) is 0 Å². The number of rotatable bonds is 3. The maximum absolute atomic E-state index is 13.6. The Hall–Kier alpha value is -1.42. The number of aromatic carboxylic acids is 1. The minimum atomic E-state index is -1.20. The molecule has 0 amide bonds. The van der Waals surface area contributed by atoms with Crippen LogP contribution in [-0.2, 0) is 6.42 Å². The van der Waals surface area contributed by atoms with E-state index in [1.807, 2.05) is 13.8 Å². The Kier molecular flexibility index (Phi) is 3.15. The first-order chi connectivity index (χ1) is 7.99. The average molecular weight is 237 g/mol. The van der Waals surface area contributed by atoms with Gasteiger partial charge in [-0.1, -0.05) is 13.8 Å². The minimum Gasteiger partial charge on any atom is -0.478 e. The molecule has 0 saturated heterocycles. The summed E-state index contributed by atoms with van der Waals surface area (Å²) >= 11 is 0. The molecular formula is C13H16FNO2. The number of fused-ring (bicyclic) bond motifs is 1. The fraction of sp³-hybridized carbons (Fsp3) is 0.462. The van der Waals surface area contributed by atoms with Gasteiger partial charge in [0.05, 0.1) is 5.56 Å². The van der Waals surface area contributed by atoms with Gasteiger partial charge in [0, 0.05) is 12.1 Å². The molecule has 2 N–H and O–H groups in total. The quantitative estimate of drug-likeness (QED) is 0.849. The summed E-state index contributed by atoms with van der Waals surface area (Å²) in [5, 5.41) is 12.2. The number of carbonyl (C=O) groups is 1. The maximum Gasteiger partial charge on any atom is 0.338 e. The Morgan fingerprint density at radius 3 is 2.82 bits per heavy atom. The third kappa shape index (κ3) is 2.31. The molecule has 92 valence electrons. The second-order valence-corrected chi connectivity index (χ2v) is 4.75. The van der Waals surface area contributed by atoms with E-state index in [2.05, 4.69) is 5.32 Å². The molecule has 4 heteroatoms. The van der Waals surface area contributed by atoms with Gasteiger partial charge in [-0.15, -0.1) is 0 Å². The molecule has 1 aromatic carbocycles. The van der Waals surface area contributed by atoms with E-state index in [4.69, 9.17) is 5.11 Å². The lowest BCUT2D eigenvalue weighted by molar-refractivity contribution is 0.0691. The highest BCUT2D eigenvalue weighted by Gasteiger charge is 2.25. The van der Waals surface area contributed by atoms with Crippen molar-refractivity contribution >= 4 is 5.97 Å². The van der Waals surface area contributed by atoms with Crippen molar-refractivity contribution in [2.75, 3.05) is 0 Å². The highest BCUT2D eigenvalue weighted by molar-refractivity contribution is 5.88. The Bertz CT molecular complexity index is 457. The largest absolute Gasteiger partial charge is 0.478 e. The smallest absolute Gasteiger partial charge is 0.338 e. The Labute approximate surface area is 99.7 Å². The molecule has 0 radical (unpaired) electrons. The zero-order valence-electron chi connectivity index (χ0n) is 9.96. The fourth-order valence-electron chi connectivity index (χ4n) is 2.37. The highest BCUT2D eigenvalue weighted by Crippen LogP contribution is 2.33. The SMILES string of the molecule is CC(C)NC1CCc2cc(C(=O)O)c(F)cc21. The Balaban J connectivity index is 2.35. The van der Waals surface area contributed by atoms with Gasteiger partial charge in [0.15, 0.2) is 0 Å². The van der Waals surface area contributed by atoms with Crippen molar-refractivity contribution < 1.29 is 14.3 Å². The van der Waals surface area contributed by atoms with Gasteiger partial charge in [0.2, 0.25) is 0 Å². The van der Waals surface area contributed by atoms with Gasteiger partial charge in [0.25, 0.3) is 0 Å². The van der Waals surface area contributed by atoms with E-state index < -0.39 is 11.8 Å². The van der Waals surface area contributed by atoms with E-state index in [0.29, 0.717) is 6.04 Å². The molecule has 1 aliphatic rings. The van der Waals surface area contributed by atoms with Crippen LogP contribution in [0.15, 0.2) is 12.1 Å². The first kappa shape index (κ1) is 12.0. The molecule has 0 fully saturated rings. The van der Waals surface area contributed by atoms with E-state index in [-0.39, 0.29) is 11.6 Å². The summed E-state index contributed by atoms with van der Waals surface area (Å²) < 4.78 is 13.6. The van der Waals surface area contributed by atoms with Crippen LogP contribution < -0.4 is 5.32 Å². The number of benzene rings is 1. The van der Waals surface area contributed by atoms with Crippen LogP contribution in [0.4, 0.5) is 4.39 Å². The summed E-state index contributed by atoms with van der Waals surface area (Å²) in [6.45, 7) is 4.08. The normalized spacial score (nSPS) is 18.5. The van der Waals surface area contributed by atoms with Gasteiger partial charge in [0.1, 0.15) is 5.82 Å². The first-order valence-electron chi connectivity index (χ1n) is 5.80. The van der Waals surface area contributed by atoms with Crippen molar-refractivity contribution in [3.63, 3.8) is 0 Å². The van der Waals surface area contributed by atoms with Crippen molar-refractivity contribution in [3.8, 4) is 0 Å². The molecule has 0 aromatic heterocycles. The van der Waals surface area contributed by atoms with Crippen molar-refractivity contribution in [2.24, 2.45) is 0 Å². The first-order valence-corrected chi connectivity index (χ1v) is 5.80. The van der Waals surface area contributed by atoms with Gasteiger partial charge in [-0.2, -0.15) is 0 Å². The van der Waals surface area contributed by atoms with Crippen molar-refractivity contribution in [3.05, 3.63) is 34.6 Å². The summed E-state index contributed by atoms with van der Waals surface area (Å²) in [5.41, 5.74) is 1.62. The molecule has 0 bridgehead atoms. The molecule has 0 heterocycles. The lowest BCUT2D eigenvalue weighted by Gasteiger charge is -2.17. The summed E-state index contributed by atoms with van der Waals surface area (Å²) in [5.74, 6) is -1.85. The number of aryl methyl sites for hydroxylation is 1. The lowest BCUT2D eigenvalue weighted by Crippen LogP contribution is -2.26. The summed E-state index contributed by atoms with van der Waals surface area (Å²) in [7, 11) is 0. The molecule has 1 atom stereocenters. The van der Waals surface area contributed by atoms with Gasteiger partial charge >= 0.3 is 5.97 Å². The molecule has 0 saturated carbocycles. The molecule has 3 nitrogen and oxygen atoms in total. The molecule has 17 heavy (non-hydrogen) atoms. The third-order valence-electron chi connectivity index (χ3n) is 3.07. The van der Waals surface area contributed by atoms with Crippen LogP contribution in [0.1, 0.15) is 47.8 Å². The van der Waals surface area contributed by atoms with Crippen LogP contribution in [0.5, 0.6) is 0 Å². The van der Waals surface area contributed by atoms with Gasteiger partial charge in [-0.05, 0) is 36.1 Å². The van der Waals surface area contributed by atoms with E-state index in [1.165, 1.54) is 12.1 Å². The topological polar surface area (TPSA) is 49.3 Å². The van der Waals surface area contributed by atoms with Crippen molar-refractivity contribution in [2.45, 2.75) is 38.8 Å². The number of nitrogens with one attached hydrogen (secondary N) is 1. The van der Waals surface area contributed by atoms with Crippen LogP contribution in [0.3, 0.4) is 0 Å². The number of halogens is 1. The fourth-order valence-corrected chi connectivity index (χ4v) is 2.37. The highest BCUT2D eigenvalue weighted by atomic mass is 19.1. The average Bonchev–Trinajstić information content (AvgIpc) is 2.59. The number of hydrogen-bond donors (Lipinski definition) is 2. The monoisotopic (exact) mass is 237 g/mol. The van der Waals surface area contributed by atoms with Crippen LogP contribution in [0.2, 0.25) is 0 Å². The zero-order chi connectivity index (χ0) is 12.6. The van der Waals surface area contributed by atoms with Crippen LogP contribution in [0, 0.1) is 5.82 Å². The number of carboxylic acids is 1. The minimum absolute atomic E-state index is 0.141.